The van der Waals surface area contributed by atoms with Crippen LogP contribution < -0.4 is 10.2 Å². The molecule has 156 valence electrons. The van der Waals surface area contributed by atoms with Crippen LogP contribution in [0.15, 0.2) is 58.5 Å². The minimum atomic E-state index is -3.79. The molecule has 2 rings (SSSR count). The van der Waals surface area contributed by atoms with E-state index in [4.69, 9.17) is 4.74 Å². The van der Waals surface area contributed by atoms with Gasteiger partial charge in [0.2, 0.25) is 10.0 Å². The van der Waals surface area contributed by atoms with Gasteiger partial charge in [-0.15, -0.1) is 0 Å². The molecular weight excluding hydrogens is 390 g/mol. The van der Waals surface area contributed by atoms with Crippen LogP contribution in [0.4, 0.5) is 0 Å². The fourth-order valence-electron chi connectivity index (χ4n) is 2.50. The van der Waals surface area contributed by atoms with Crippen LogP contribution in [0.2, 0.25) is 0 Å². The first-order valence-electron chi connectivity index (χ1n) is 9.07. The average molecular weight is 418 g/mol. The normalized spacial score (nSPS) is 12.3. The van der Waals surface area contributed by atoms with Gasteiger partial charge >= 0.3 is 0 Å². The molecule has 0 spiro atoms. The number of amides is 1. The quantitative estimate of drug-likeness (QED) is 0.554. The van der Waals surface area contributed by atoms with Gasteiger partial charge in [0, 0.05) is 7.05 Å². The summed E-state index contributed by atoms with van der Waals surface area (Å²) >= 11 is 0. The Bertz CT molecular complexity index is 960. The SMILES string of the molecule is COc1ccc(S(=O)(=O)N(C)CC(=O)N/N=C\c2ccc(C(C)(C)C)cc2)cc1. The number of ether oxygens (including phenoxy) is 1. The predicted octanol–water partition coefficient (Wildman–Crippen LogP) is 2.76. The van der Waals surface area contributed by atoms with E-state index < -0.39 is 15.9 Å². The van der Waals surface area contributed by atoms with Crippen LogP contribution in [-0.4, -0.2) is 45.5 Å². The average Bonchev–Trinajstić information content (AvgIpc) is 2.67. The second-order valence-corrected chi connectivity index (χ2v) is 9.65. The Morgan fingerprint density at radius 1 is 1.10 bits per heavy atom. The molecule has 0 aliphatic carbocycles. The fourth-order valence-corrected chi connectivity index (χ4v) is 3.63. The van der Waals surface area contributed by atoms with E-state index in [1.807, 2.05) is 24.3 Å². The Balaban J connectivity index is 1.94. The Kier molecular flexibility index (Phi) is 7.16. The third-order valence-corrected chi connectivity index (χ3v) is 6.13. The molecule has 0 fully saturated rings. The zero-order valence-corrected chi connectivity index (χ0v) is 18.2. The Morgan fingerprint density at radius 3 is 2.21 bits per heavy atom. The first-order chi connectivity index (χ1) is 13.5. The Labute approximate surface area is 172 Å². The van der Waals surface area contributed by atoms with E-state index in [1.54, 1.807) is 12.1 Å². The molecule has 7 nitrogen and oxygen atoms in total. The van der Waals surface area contributed by atoms with Gasteiger partial charge in [0.1, 0.15) is 5.75 Å². The lowest BCUT2D eigenvalue weighted by atomic mass is 9.87. The highest BCUT2D eigenvalue weighted by atomic mass is 32.2. The predicted molar refractivity (Wildman–Crippen MR) is 114 cm³/mol. The molecule has 0 bridgehead atoms. The first kappa shape index (κ1) is 22.6. The van der Waals surface area contributed by atoms with Crippen molar-refractivity contribution >= 4 is 22.1 Å². The molecule has 0 aliphatic heterocycles. The maximum Gasteiger partial charge on any atom is 0.255 e. The molecule has 0 atom stereocenters. The summed E-state index contributed by atoms with van der Waals surface area (Å²) in [6, 6.07) is 13.8. The number of benzene rings is 2. The van der Waals surface area contributed by atoms with E-state index in [9.17, 15) is 13.2 Å². The van der Waals surface area contributed by atoms with E-state index in [1.165, 1.54) is 38.1 Å². The number of sulfonamides is 1. The van der Waals surface area contributed by atoms with Crippen molar-refractivity contribution in [2.24, 2.45) is 5.10 Å². The summed E-state index contributed by atoms with van der Waals surface area (Å²) in [7, 11) is -0.949. The third-order valence-electron chi connectivity index (χ3n) is 4.31. The van der Waals surface area contributed by atoms with Gasteiger partial charge in [-0.25, -0.2) is 13.8 Å². The van der Waals surface area contributed by atoms with Crippen LogP contribution in [0.5, 0.6) is 5.75 Å². The van der Waals surface area contributed by atoms with Crippen LogP contribution in [0, 0.1) is 0 Å². The smallest absolute Gasteiger partial charge is 0.255 e. The van der Waals surface area contributed by atoms with Gasteiger partial charge in [0.15, 0.2) is 0 Å². The number of nitrogens with one attached hydrogen (secondary N) is 1. The van der Waals surface area contributed by atoms with Crippen LogP contribution in [0.25, 0.3) is 0 Å². The molecule has 1 N–H and O–H groups in total. The number of nitrogens with zero attached hydrogens (tertiary/aromatic N) is 2. The molecule has 0 aromatic heterocycles. The van der Waals surface area contributed by atoms with Crippen molar-refractivity contribution in [1.29, 1.82) is 0 Å². The summed E-state index contributed by atoms with van der Waals surface area (Å²) in [4.78, 5) is 12.1. The van der Waals surface area contributed by atoms with Gasteiger partial charge in [-0.2, -0.15) is 9.41 Å². The zero-order chi connectivity index (χ0) is 21.7. The van der Waals surface area contributed by atoms with Crippen LogP contribution >= 0.6 is 0 Å². The molecule has 0 radical (unpaired) electrons. The number of likely N-dealkylation sites (N-methyl/N-ethyl adjacent to an activating group) is 1. The van der Waals surface area contributed by atoms with Crippen molar-refractivity contribution in [2.75, 3.05) is 20.7 Å². The topological polar surface area (TPSA) is 88.1 Å². The molecule has 1 amide bonds. The summed E-state index contributed by atoms with van der Waals surface area (Å²) in [5, 5.41) is 3.90. The van der Waals surface area contributed by atoms with Crippen molar-refractivity contribution in [1.82, 2.24) is 9.73 Å². The highest BCUT2D eigenvalue weighted by Crippen LogP contribution is 2.22. The standard InChI is InChI=1S/C21H27N3O4S/c1-21(2,3)17-8-6-16(7-9-17)14-22-23-20(25)15-24(4)29(26,27)19-12-10-18(28-5)11-13-19/h6-14H,15H2,1-5H3,(H,23,25)/b22-14-. The minimum absolute atomic E-state index is 0.0594. The largest absolute Gasteiger partial charge is 0.497 e. The second-order valence-electron chi connectivity index (χ2n) is 7.60. The van der Waals surface area contributed by atoms with Crippen LogP contribution in [-0.2, 0) is 20.2 Å². The first-order valence-corrected chi connectivity index (χ1v) is 10.5. The highest BCUT2D eigenvalue weighted by Gasteiger charge is 2.22. The summed E-state index contributed by atoms with van der Waals surface area (Å²) in [6.07, 6.45) is 1.52. The summed E-state index contributed by atoms with van der Waals surface area (Å²) in [5.74, 6) is 0.0152. The Morgan fingerprint density at radius 2 is 1.69 bits per heavy atom. The number of methoxy groups -OCH3 is 1. The van der Waals surface area contributed by atoms with Gasteiger partial charge in [0.25, 0.3) is 5.91 Å². The van der Waals surface area contributed by atoms with E-state index in [2.05, 4.69) is 31.3 Å². The summed E-state index contributed by atoms with van der Waals surface area (Å²) < 4.78 is 31.1. The van der Waals surface area contributed by atoms with Gasteiger partial charge in [-0.3, -0.25) is 4.79 Å². The monoisotopic (exact) mass is 417 g/mol. The highest BCUT2D eigenvalue weighted by molar-refractivity contribution is 7.89. The number of rotatable bonds is 7. The van der Waals surface area contributed by atoms with Crippen LogP contribution in [0.3, 0.4) is 0 Å². The summed E-state index contributed by atoms with van der Waals surface area (Å²) in [5.41, 5.74) is 4.44. The molecule has 0 heterocycles. The molecular formula is C21H27N3O4S. The fraction of sp³-hybridized carbons (Fsp3) is 0.333. The van der Waals surface area contributed by atoms with Gasteiger partial charge in [0.05, 0.1) is 24.8 Å². The van der Waals surface area contributed by atoms with Crippen molar-refractivity contribution < 1.29 is 17.9 Å². The molecule has 0 aliphatic rings. The lowest BCUT2D eigenvalue weighted by molar-refractivity contribution is -0.121. The molecule has 29 heavy (non-hydrogen) atoms. The Hall–Kier alpha value is -2.71. The lowest BCUT2D eigenvalue weighted by Gasteiger charge is -2.18. The molecule has 0 unspecified atom stereocenters. The number of carbonyl (C=O) groups is 1. The zero-order valence-electron chi connectivity index (χ0n) is 17.3. The van der Waals surface area contributed by atoms with Gasteiger partial charge < -0.3 is 4.74 Å². The molecule has 0 saturated heterocycles. The number of carbonyl (C=O) groups excluding carboxylic acids is 1. The van der Waals surface area contributed by atoms with Crippen molar-refractivity contribution in [2.45, 2.75) is 31.1 Å². The molecule has 2 aromatic rings. The van der Waals surface area contributed by atoms with Crippen LogP contribution in [0.1, 0.15) is 31.9 Å². The number of hydrogen-bond acceptors (Lipinski definition) is 5. The van der Waals surface area contributed by atoms with Gasteiger partial charge in [-0.05, 0) is 40.8 Å². The minimum Gasteiger partial charge on any atom is -0.497 e. The van der Waals surface area contributed by atoms with Gasteiger partial charge in [-0.1, -0.05) is 45.0 Å². The van der Waals surface area contributed by atoms with Crippen molar-refractivity contribution in [3.63, 3.8) is 0 Å². The second kappa shape index (κ2) is 9.19. The maximum absolute atomic E-state index is 12.5. The molecule has 2 aromatic carbocycles. The third kappa shape index (κ3) is 6.13. The van der Waals surface area contributed by atoms with E-state index in [-0.39, 0.29) is 16.9 Å². The molecule has 0 saturated carbocycles. The van der Waals surface area contributed by atoms with E-state index in [0.29, 0.717) is 5.75 Å². The van der Waals surface area contributed by atoms with Crippen molar-refractivity contribution in [3.05, 3.63) is 59.7 Å². The van der Waals surface area contributed by atoms with Crippen molar-refractivity contribution in [3.8, 4) is 5.75 Å². The van der Waals surface area contributed by atoms with E-state index in [0.717, 1.165) is 9.87 Å². The van der Waals surface area contributed by atoms with E-state index >= 15 is 0 Å². The lowest BCUT2D eigenvalue weighted by Crippen LogP contribution is -2.36. The summed E-state index contributed by atoms with van der Waals surface area (Å²) in [6.45, 7) is 6.04. The number of hydrogen-bond donors (Lipinski definition) is 1. The maximum atomic E-state index is 12.5. The molecule has 8 heteroatoms. The number of hydrazone groups is 1.